The maximum Gasteiger partial charge on any atom is 0.0734 e. The first-order chi connectivity index (χ1) is 36.9. The smallest absolute Gasteiger partial charge is 0.0734 e. The zero-order chi connectivity index (χ0) is 53.6. The number of hydrogen-bond acceptors (Lipinski definition) is 1. The summed E-state index contributed by atoms with van der Waals surface area (Å²) in [5, 5.41) is 0. The Morgan fingerprint density at radius 2 is 0.727 bits per heavy atom. The molecule has 0 aliphatic heterocycles. The Morgan fingerprint density at radius 1 is 0.299 bits per heavy atom. The van der Waals surface area contributed by atoms with Gasteiger partial charge in [0.15, 0.2) is 0 Å². The molecule has 1 atom stereocenters. The predicted molar refractivity (Wildman–Crippen MR) is 327 cm³/mol. The summed E-state index contributed by atoms with van der Waals surface area (Å²) >= 11 is 0. The molecule has 1 heteroatoms. The number of hydrogen-bond donors (Lipinski definition) is 0. The van der Waals surface area contributed by atoms with Crippen molar-refractivity contribution in [2.24, 2.45) is 0 Å². The van der Waals surface area contributed by atoms with Gasteiger partial charge < -0.3 is 4.90 Å². The van der Waals surface area contributed by atoms with E-state index in [1.165, 1.54) is 106 Å². The van der Waals surface area contributed by atoms with Crippen LogP contribution in [0.3, 0.4) is 0 Å². The van der Waals surface area contributed by atoms with Crippen LogP contribution in [0.5, 0.6) is 0 Å². The zero-order valence-electron chi connectivity index (χ0n) is 46.9. The van der Waals surface area contributed by atoms with Crippen LogP contribution in [0.25, 0.3) is 33.4 Å². The van der Waals surface area contributed by atoms with Crippen LogP contribution in [0, 0.1) is 13.8 Å². The molecule has 0 N–H and O–H groups in total. The number of anilines is 3. The van der Waals surface area contributed by atoms with Crippen LogP contribution < -0.4 is 4.90 Å². The maximum atomic E-state index is 2.63. The number of rotatable bonds is 8. The van der Waals surface area contributed by atoms with E-state index in [1.54, 1.807) is 0 Å². The van der Waals surface area contributed by atoms with Crippen LogP contribution in [0.1, 0.15) is 135 Å². The predicted octanol–water partition coefficient (Wildman–Crippen LogP) is 20.1. The van der Waals surface area contributed by atoms with Gasteiger partial charge in [0.1, 0.15) is 0 Å². The fourth-order valence-electron chi connectivity index (χ4n) is 13.2. The van der Waals surface area contributed by atoms with Crippen molar-refractivity contribution in [3.63, 3.8) is 0 Å². The summed E-state index contributed by atoms with van der Waals surface area (Å²) in [7, 11) is 0. The fraction of sp³-hybridized carbons (Fsp3) is 0.211. The van der Waals surface area contributed by atoms with Gasteiger partial charge >= 0.3 is 0 Å². The largest absolute Gasteiger partial charge is 0.310 e. The van der Waals surface area contributed by atoms with Crippen LogP contribution in [-0.2, 0) is 27.1 Å². The second-order valence-electron chi connectivity index (χ2n) is 25.0. The third kappa shape index (κ3) is 7.95. The molecule has 0 saturated carbocycles. The Labute approximate surface area is 459 Å². The Balaban J connectivity index is 1.19. The normalized spacial score (nSPS) is 15.4. The number of benzene rings is 10. The highest BCUT2D eigenvalue weighted by molar-refractivity contribution is 5.96. The lowest BCUT2D eigenvalue weighted by Crippen LogP contribution is -2.31. The lowest BCUT2D eigenvalue weighted by molar-refractivity contribution is 0.588. The highest BCUT2D eigenvalue weighted by Gasteiger charge is 2.50. The second kappa shape index (κ2) is 18.3. The lowest BCUT2D eigenvalue weighted by Gasteiger charge is -2.39. The van der Waals surface area contributed by atoms with Crippen LogP contribution in [0.4, 0.5) is 17.1 Å². The maximum absolute atomic E-state index is 2.63. The summed E-state index contributed by atoms with van der Waals surface area (Å²) < 4.78 is 0. The van der Waals surface area contributed by atoms with Crippen LogP contribution in [0.15, 0.2) is 231 Å². The van der Waals surface area contributed by atoms with Gasteiger partial charge in [-0.25, -0.2) is 0 Å². The van der Waals surface area contributed by atoms with Crippen molar-refractivity contribution >= 4 is 17.1 Å². The summed E-state index contributed by atoms with van der Waals surface area (Å²) in [6.07, 6.45) is 0. The van der Waals surface area contributed by atoms with Gasteiger partial charge in [-0.15, -0.1) is 0 Å². The molecule has 1 nitrogen and oxygen atoms in total. The first-order valence-electron chi connectivity index (χ1n) is 27.7. The molecule has 10 aromatic carbocycles. The van der Waals surface area contributed by atoms with Crippen molar-refractivity contribution in [1.82, 2.24) is 0 Å². The van der Waals surface area contributed by atoms with Gasteiger partial charge in [0, 0.05) is 16.9 Å². The molecule has 0 aromatic heterocycles. The topological polar surface area (TPSA) is 3.24 Å². The van der Waals surface area contributed by atoms with Crippen LogP contribution >= 0.6 is 0 Å². The van der Waals surface area contributed by atoms with E-state index < -0.39 is 10.8 Å². The Bertz CT molecular complexity index is 3780. The van der Waals surface area contributed by atoms with Crippen LogP contribution in [0.2, 0.25) is 0 Å². The van der Waals surface area contributed by atoms with Crippen molar-refractivity contribution in [3.8, 4) is 33.4 Å². The van der Waals surface area contributed by atoms with Gasteiger partial charge in [-0.1, -0.05) is 263 Å². The SMILES string of the molecule is Cc1cc(N(c2ccc3c(c2)C(c2ccc(C(C)(C)C)cc2)(c2ccc(C(C)(C)C)cc2)c2ccccc2-3)c2cccc3c2C(c2ccccc2)(c2ccc(C(C)(C)C)cc2)c2ccccc2-3)c(C)cc1-c1ccccc1. The van der Waals surface area contributed by atoms with Gasteiger partial charge in [-0.2, -0.15) is 0 Å². The summed E-state index contributed by atoms with van der Waals surface area (Å²) in [4.78, 5) is 2.63. The number of aryl methyl sites for hydroxylation is 2. The highest BCUT2D eigenvalue weighted by Crippen LogP contribution is 2.62. The molecule has 0 bridgehead atoms. The van der Waals surface area contributed by atoms with E-state index in [-0.39, 0.29) is 16.2 Å². The van der Waals surface area contributed by atoms with E-state index >= 15 is 0 Å². The van der Waals surface area contributed by atoms with E-state index in [4.69, 9.17) is 0 Å². The lowest BCUT2D eigenvalue weighted by atomic mass is 9.66. The Kier molecular flexibility index (Phi) is 11.9. The summed E-state index contributed by atoms with van der Waals surface area (Å²) in [5.74, 6) is 0. The first-order valence-corrected chi connectivity index (χ1v) is 27.7. The molecule has 0 saturated heterocycles. The molecular formula is C76H71N. The van der Waals surface area contributed by atoms with Crippen molar-refractivity contribution in [1.29, 1.82) is 0 Å². The third-order valence-electron chi connectivity index (χ3n) is 17.2. The van der Waals surface area contributed by atoms with Gasteiger partial charge in [0.2, 0.25) is 0 Å². The minimum atomic E-state index is -0.661. The molecule has 77 heavy (non-hydrogen) atoms. The average molecular weight is 998 g/mol. The molecule has 10 aromatic rings. The minimum absolute atomic E-state index is 0.00109. The average Bonchev–Trinajstić information content (AvgIpc) is 4.06. The van der Waals surface area contributed by atoms with Gasteiger partial charge in [-0.3, -0.25) is 0 Å². The summed E-state index contributed by atoms with van der Waals surface area (Å²) in [5.41, 5.74) is 26.3. The molecule has 1 unspecified atom stereocenters. The summed E-state index contributed by atoms with van der Waals surface area (Å²) in [6.45, 7) is 25.4. The van der Waals surface area contributed by atoms with Crippen molar-refractivity contribution in [2.45, 2.75) is 103 Å². The fourth-order valence-corrected chi connectivity index (χ4v) is 13.2. The summed E-state index contributed by atoms with van der Waals surface area (Å²) in [6, 6.07) is 88.6. The molecule has 0 spiro atoms. The monoisotopic (exact) mass is 998 g/mol. The quantitative estimate of drug-likeness (QED) is 0.147. The van der Waals surface area contributed by atoms with Gasteiger partial charge in [0.25, 0.3) is 0 Å². The molecule has 12 rings (SSSR count). The molecule has 0 fully saturated rings. The number of nitrogens with zero attached hydrogens (tertiary/aromatic N) is 1. The molecule has 380 valence electrons. The first kappa shape index (κ1) is 49.9. The Hall–Kier alpha value is -8.00. The van der Waals surface area contributed by atoms with Crippen molar-refractivity contribution in [2.75, 3.05) is 4.90 Å². The zero-order valence-corrected chi connectivity index (χ0v) is 46.9. The van der Waals surface area contributed by atoms with Crippen LogP contribution in [-0.4, -0.2) is 0 Å². The van der Waals surface area contributed by atoms with E-state index in [0.29, 0.717) is 0 Å². The highest BCUT2D eigenvalue weighted by atomic mass is 15.1. The van der Waals surface area contributed by atoms with Gasteiger partial charge in [-0.05, 0) is 161 Å². The van der Waals surface area contributed by atoms with Crippen molar-refractivity contribution < 1.29 is 0 Å². The van der Waals surface area contributed by atoms with E-state index in [9.17, 15) is 0 Å². The minimum Gasteiger partial charge on any atom is -0.310 e. The number of fused-ring (bicyclic) bond motifs is 6. The second-order valence-corrected chi connectivity index (χ2v) is 25.0. The van der Waals surface area contributed by atoms with E-state index in [2.05, 4.69) is 312 Å². The third-order valence-corrected chi connectivity index (χ3v) is 17.2. The molecule has 2 aliphatic carbocycles. The van der Waals surface area contributed by atoms with E-state index in [0.717, 1.165) is 17.1 Å². The van der Waals surface area contributed by atoms with E-state index in [1.807, 2.05) is 0 Å². The molecule has 2 aliphatic rings. The molecule has 0 amide bonds. The van der Waals surface area contributed by atoms with Gasteiger partial charge in [0.05, 0.1) is 16.5 Å². The molecular weight excluding hydrogens is 927 g/mol. The van der Waals surface area contributed by atoms with Crippen molar-refractivity contribution in [3.05, 3.63) is 303 Å². The molecule has 0 radical (unpaired) electrons. The Morgan fingerprint density at radius 3 is 1.26 bits per heavy atom. The molecule has 0 heterocycles. The standard InChI is InChI=1S/C76H71N/c1-50-48-70(51(2)47-65(50)52-23-14-12-15-24-52)77(69-32-22-29-64-62-28-19-21-31-67(62)76(71(64)69,56-25-16-13-17-26-56)59-43-37-55(38-44-59)74(9,10)11)60-45-46-63-61-27-18-20-30-66(61)75(68(63)49-60,57-39-33-53(34-40-57)72(3,4)5)58-41-35-54(36-42-58)73(6,7)8/h12-49H,1-11H3.